The normalized spacial score (nSPS) is 11.1. The second kappa shape index (κ2) is 4.80. The SMILES string of the molecule is CCn1ccn(Cc2nc3ccccc3c(=O)[nH]2)c1=O. The molecule has 102 valence electrons. The molecule has 3 aromatic rings. The van der Waals surface area contributed by atoms with E-state index in [0.29, 0.717) is 23.3 Å². The molecule has 0 bridgehead atoms. The lowest BCUT2D eigenvalue weighted by molar-refractivity contribution is 0.653. The van der Waals surface area contributed by atoms with Crippen LogP contribution in [0.15, 0.2) is 46.2 Å². The maximum Gasteiger partial charge on any atom is 0.328 e. The predicted octanol–water partition coefficient (Wildman–Crippen LogP) is 0.954. The highest BCUT2D eigenvalue weighted by Crippen LogP contribution is 2.05. The van der Waals surface area contributed by atoms with E-state index >= 15 is 0 Å². The van der Waals surface area contributed by atoms with Crippen molar-refractivity contribution < 1.29 is 0 Å². The summed E-state index contributed by atoms with van der Waals surface area (Å²) in [7, 11) is 0. The van der Waals surface area contributed by atoms with Gasteiger partial charge >= 0.3 is 5.69 Å². The van der Waals surface area contributed by atoms with Gasteiger partial charge in [-0.05, 0) is 19.1 Å². The number of rotatable bonds is 3. The zero-order valence-electron chi connectivity index (χ0n) is 11.0. The Labute approximate surface area is 114 Å². The molecule has 0 saturated heterocycles. The van der Waals surface area contributed by atoms with E-state index in [4.69, 9.17) is 0 Å². The third-order valence-electron chi connectivity index (χ3n) is 3.24. The largest absolute Gasteiger partial charge is 0.328 e. The minimum Gasteiger partial charge on any atom is -0.308 e. The van der Waals surface area contributed by atoms with E-state index in [-0.39, 0.29) is 17.8 Å². The van der Waals surface area contributed by atoms with Crippen molar-refractivity contribution in [2.24, 2.45) is 0 Å². The summed E-state index contributed by atoms with van der Waals surface area (Å²) in [6.45, 7) is 2.78. The van der Waals surface area contributed by atoms with Crippen LogP contribution in [0.1, 0.15) is 12.7 Å². The van der Waals surface area contributed by atoms with Gasteiger partial charge < -0.3 is 4.98 Å². The van der Waals surface area contributed by atoms with E-state index in [1.165, 1.54) is 4.57 Å². The molecule has 0 aliphatic heterocycles. The quantitative estimate of drug-likeness (QED) is 0.770. The summed E-state index contributed by atoms with van der Waals surface area (Å²) in [6, 6.07) is 7.14. The molecule has 2 heterocycles. The summed E-state index contributed by atoms with van der Waals surface area (Å²) in [6.07, 6.45) is 3.42. The van der Waals surface area contributed by atoms with Crippen molar-refractivity contribution in [2.45, 2.75) is 20.0 Å². The number of imidazole rings is 1. The number of aryl methyl sites for hydroxylation is 1. The van der Waals surface area contributed by atoms with Crippen LogP contribution in [0.25, 0.3) is 10.9 Å². The van der Waals surface area contributed by atoms with Gasteiger partial charge in [0.15, 0.2) is 0 Å². The summed E-state index contributed by atoms with van der Waals surface area (Å²) in [5.74, 6) is 0.477. The number of para-hydroxylation sites is 1. The van der Waals surface area contributed by atoms with Crippen LogP contribution in [0.3, 0.4) is 0 Å². The fraction of sp³-hybridized carbons (Fsp3) is 0.214. The van der Waals surface area contributed by atoms with Crippen molar-refractivity contribution in [3.05, 3.63) is 63.3 Å². The van der Waals surface area contributed by atoms with Crippen molar-refractivity contribution in [3.63, 3.8) is 0 Å². The molecule has 0 unspecified atom stereocenters. The Morgan fingerprint density at radius 1 is 1.15 bits per heavy atom. The van der Waals surface area contributed by atoms with Gasteiger partial charge in [-0.3, -0.25) is 13.9 Å². The minimum atomic E-state index is -0.187. The van der Waals surface area contributed by atoms with Gasteiger partial charge in [0.05, 0.1) is 17.4 Å². The molecule has 1 N–H and O–H groups in total. The van der Waals surface area contributed by atoms with E-state index in [2.05, 4.69) is 9.97 Å². The fourth-order valence-corrected chi connectivity index (χ4v) is 2.19. The molecular formula is C14H14N4O2. The molecule has 0 fully saturated rings. The number of H-pyrrole nitrogens is 1. The second-order valence-electron chi connectivity index (χ2n) is 4.52. The summed E-state index contributed by atoms with van der Waals surface area (Å²) in [5, 5.41) is 0.551. The monoisotopic (exact) mass is 270 g/mol. The number of benzene rings is 1. The molecule has 3 rings (SSSR count). The van der Waals surface area contributed by atoms with Crippen LogP contribution in [0, 0.1) is 0 Å². The first kappa shape index (κ1) is 12.4. The van der Waals surface area contributed by atoms with Crippen molar-refractivity contribution in [3.8, 4) is 0 Å². The van der Waals surface area contributed by atoms with Gasteiger partial charge in [-0.2, -0.15) is 0 Å². The first-order valence-corrected chi connectivity index (χ1v) is 6.42. The average molecular weight is 270 g/mol. The number of fused-ring (bicyclic) bond motifs is 1. The summed E-state index contributed by atoms with van der Waals surface area (Å²) in [4.78, 5) is 31.0. The molecule has 0 radical (unpaired) electrons. The smallest absolute Gasteiger partial charge is 0.308 e. The summed E-state index contributed by atoms with van der Waals surface area (Å²) < 4.78 is 3.12. The van der Waals surface area contributed by atoms with Crippen LogP contribution in [-0.2, 0) is 13.1 Å². The molecule has 6 heteroatoms. The first-order valence-electron chi connectivity index (χ1n) is 6.42. The van der Waals surface area contributed by atoms with Gasteiger partial charge in [-0.1, -0.05) is 12.1 Å². The highest BCUT2D eigenvalue weighted by molar-refractivity contribution is 5.77. The van der Waals surface area contributed by atoms with Crippen LogP contribution < -0.4 is 11.2 Å². The fourth-order valence-electron chi connectivity index (χ4n) is 2.19. The van der Waals surface area contributed by atoms with Crippen LogP contribution in [0.5, 0.6) is 0 Å². The van der Waals surface area contributed by atoms with Gasteiger partial charge in [-0.25, -0.2) is 9.78 Å². The van der Waals surface area contributed by atoms with Gasteiger partial charge in [0.25, 0.3) is 5.56 Å². The number of nitrogens with one attached hydrogen (secondary N) is 1. The molecule has 0 aliphatic carbocycles. The van der Waals surface area contributed by atoms with Crippen LogP contribution in [-0.4, -0.2) is 19.1 Å². The Bertz CT molecular complexity index is 873. The Balaban J connectivity index is 2.05. The summed E-state index contributed by atoms with van der Waals surface area (Å²) in [5.41, 5.74) is 0.339. The molecule has 0 aliphatic rings. The predicted molar refractivity (Wildman–Crippen MR) is 75.8 cm³/mol. The van der Waals surface area contributed by atoms with Gasteiger partial charge in [-0.15, -0.1) is 0 Å². The maximum atomic E-state index is 12.0. The molecule has 0 amide bonds. The number of aromatic amines is 1. The highest BCUT2D eigenvalue weighted by Gasteiger charge is 2.06. The third kappa shape index (κ3) is 2.05. The second-order valence-corrected chi connectivity index (χ2v) is 4.52. The van der Waals surface area contributed by atoms with E-state index < -0.39 is 0 Å². The molecule has 0 saturated carbocycles. The lowest BCUT2D eigenvalue weighted by atomic mass is 10.2. The van der Waals surface area contributed by atoms with Crippen LogP contribution >= 0.6 is 0 Å². The van der Waals surface area contributed by atoms with Crippen molar-refractivity contribution >= 4 is 10.9 Å². The lowest BCUT2D eigenvalue weighted by Gasteiger charge is -2.03. The Morgan fingerprint density at radius 3 is 2.65 bits per heavy atom. The molecule has 0 spiro atoms. The number of nitrogens with zero attached hydrogens (tertiary/aromatic N) is 3. The molecule has 0 atom stereocenters. The zero-order chi connectivity index (χ0) is 14.1. The van der Waals surface area contributed by atoms with Crippen LogP contribution in [0.4, 0.5) is 0 Å². The van der Waals surface area contributed by atoms with E-state index in [9.17, 15) is 9.59 Å². The third-order valence-corrected chi connectivity index (χ3v) is 3.24. The van der Waals surface area contributed by atoms with Crippen LogP contribution in [0.2, 0.25) is 0 Å². The molecule has 6 nitrogen and oxygen atoms in total. The van der Waals surface area contributed by atoms with E-state index in [1.54, 1.807) is 35.2 Å². The van der Waals surface area contributed by atoms with Crippen molar-refractivity contribution in [2.75, 3.05) is 0 Å². The van der Waals surface area contributed by atoms with Gasteiger partial charge in [0.2, 0.25) is 0 Å². The summed E-state index contributed by atoms with van der Waals surface area (Å²) >= 11 is 0. The minimum absolute atomic E-state index is 0.108. The molecule has 2 aromatic heterocycles. The zero-order valence-corrected chi connectivity index (χ0v) is 11.0. The number of aromatic nitrogens is 4. The number of hydrogen-bond donors (Lipinski definition) is 1. The lowest BCUT2D eigenvalue weighted by Crippen LogP contribution is -2.25. The highest BCUT2D eigenvalue weighted by atomic mass is 16.1. The average Bonchev–Trinajstić information content (AvgIpc) is 2.80. The molecule has 20 heavy (non-hydrogen) atoms. The topological polar surface area (TPSA) is 72.7 Å². The molecule has 1 aromatic carbocycles. The van der Waals surface area contributed by atoms with Gasteiger partial charge in [0.1, 0.15) is 5.82 Å². The maximum absolute atomic E-state index is 12.0. The Kier molecular flexibility index (Phi) is 2.98. The van der Waals surface area contributed by atoms with Crippen molar-refractivity contribution in [1.82, 2.24) is 19.1 Å². The van der Waals surface area contributed by atoms with Gasteiger partial charge in [0, 0.05) is 18.9 Å². The molecular weight excluding hydrogens is 256 g/mol. The first-order chi connectivity index (χ1) is 9.69. The number of hydrogen-bond acceptors (Lipinski definition) is 3. The Hall–Kier alpha value is -2.63. The van der Waals surface area contributed by atoms with E-state index in [0.717, 1.165) is 0 Å². The van der Waals surface area contributed by atoms with E-state index in [1.807, 2.05) is 13.0 Å². The van der Waals surface area contributed by atoms with Crippen molar-refractivity contribution in [1.29, 1.82) is 0 Å². The Morgan fingerprint density at radius 2 is 1.90 bits per heavy atom. The standard InChI is InChI=1S/C14H14N4O2/c1-2-17-7-8-18(14(17)20)9-12-15-11-6-4-3-5-10(11)13(19)16-12/h3-8H,2,9H2,1H3,(H,15,16,19).